The maximum atomic E-state index is 11.6. The third-order valence-electron chi connectivity index (χ3n) is 2.83. The van der Waals surface area contributed by atoms with E-state index in [0.717, 1.165) is 5.56 Å². The van der Waals surface area contributed by atoms with Crippen molar-refractivity contribution in [3.63, 3.8) is 0 Å². The van der Waals surface area contributed by atoms with Gasteiger partial charge in [0.1, 0.15) is 11.5 Å². The number of hydrogen-bond acceptors (Lipinski definition) is 4. The molecule has 2 aromatic carbocycles. The number of rotatable bonds is 3. The van der Waals surface area contributed by atoms with Gasteiger partial charge in [0.2, 0.25) is 0 Å². The minimum Gasteiger partial charge on any atom is -0.508 e. The average Bonchev–Trinajstić information content (AvgIpc) is 2.46. The van der Waals surface area contributed by atoms with Crippen LogP contribution in [0.15, 0.2) is 36.4 Å². The van der Waals surface area contributed by atoms with E-state index in [-0.39, 0.29) is 11.3 Å². The summed E-state index contributed by atoms with van der Waals surface area (Å²) in [6.45, 7) is 0. The Hall–Kier alpha value is -2.20. The summed E-state index contributed by atoms with van der Waals surface area (Å²) in [5.74, 6) is 0.0902. The lowest BCUT2D eigenvalue weighted by Gasteiger charge is -2.09. The summed E-state index contributed by atoms with van der Waals surface area (Å²) in [5.41, 5.74) is 1.71. The summed E-state index contributed by atoms with van der Waals surface area (Å²) >= 11 is 5.97. The van der Waals surface area contributed by atoms with Crippen LogP contribution < -0.4 is 4.74 Å². The van der Waals surface area contributed by atoms with Crippen molar-refractivity contribution in [2.75, 3.05) is 14.2 Å². The lowest BCUT2D eigenvalue weighted by Crippen LogP contribution is -2.02. The Bertz CT molecular complexity index is 652. The predicted octanol–water partition coefficient (Wildman–Crippen LogP) is 3.51. The van der Waals surface area contributed by atoms with Gasteiger partial charge in [0, 0.05) is 6.07 Å². The fraction of sp³-hybridized carbons (Fsp3) is 0.133. The number of benzene rings is 2. The van der Waals surface area contributed by atoms with E-state index in [1.54, 1.807) is 30.3 Å². The largest absolute Gasteiger partial charge is 0.508 e. The Morgan fingerprint density at radius 2 is 1.85 bits per heavy atom. The average molecular weight is 293 g/mol. The number of aromatic hydroxyl groups is 1. The molecule has 104 valence electrons. The lowest BCUT2D eigenvalue weighted by atomic mass is 10.0. The summed E-state index contributed by atoms with van der Waals surface area (Å²) < 4.78 is 9.78. The monoisotopic (exact) mass is 292 g/mol. The zero-order valence-electron chi connectivity index (χ0n) is 11.0. The summed E-state index contributed by atoms with van der Waals surface area (Å²) in [5, 5.41) is 9.98. The molecule has 4 nitrogen and oxygen atoms in total. The number of esters is 1. The normalized spacial score (nSPS) is 10.2. The standard InChI is InChI=1S/C15H13ClO4/c1-19-12-6-10(5-11(17)8-12)9-3-4-14(16)13(7-9)15(18)20-2/h3-8,17H,1-2H3. The second kappa shape index (κ2) is 5.84. The minimum absolute atomic E-state index is 0.0777. The van der Waals surface area contributed by atoms with Crippen molar-refractivity contribution in [1.29, 1.82) is 0 Å². The van der Waals surface area contributed by atoms with Crippen LogP contribution in [0.3, 0.4) is 0 Å². The van der Waals surface area contributed by atoms with Gasteiger partial charge in [-0.3, -0.25) is 0 Å². The number of carbonyl (C=O) groups is 1. The Balaban J connectivity index is 2.53. The first-order valence-electron chi connectivity index (χ1n) is 5.81. The summed E-state index contributed by atoms with van der Waals surface area (Å²) in [7, 11) is 2.81. The van der Waals surface area contributed by atoms with E-state index >= 15 is 0 Å². The fourth-order valence-corrected chi connectivity index (χ4v) is 2.03. The molecule has 0 heterocycles. The Morgan fingerprint density at radius 1 is 1.10 bits per heavy atom. The molecule has 2 aromatic rings. The van der Waals surface area contributed by atoms with Gasteiger partial charge in [-0.25, -0.2) is 4.79 Å². The Labute approximate surface area is 121 Å². The summed E-state index contributed by atoms with van der Waals surface area (Å²) in [6.07, 6.45) is 0. The molecule has 0 atom stereocenters. The minimum atomic E-state index is -0.510. The van der Waals surface area contributed by atoms with Crippen LogP contribution >= 0.6 is 11.6 Å². The molecule has 0 amide bonds. The molecule has 1 N–H and O–H groups in total. The van der Waals surface area contributed by atoms with Gasteiger partial charge in [0.25, 0.3) is 0 Å². The highest BCUT2D eigenvalue weighted by molar-refractivity contribution is 6.33. The van der Waals surface area contributed by atoms with Crippen LogP contribution in [-0.4, -0.2) is 25.3 Å². The molecular weight excluding hydrogens is 280 g/mol. The van der Waals surface area contributed by atoms with Crippen LogP contribution in [0.25, 0.3) is 11.1 Å². The van der Waals surface area contributed by atoms with Crippen molar-refractivity contribution in [3.05, 3.63) is 47.0 Å². The van der Waals surface area contributed by atoms with Crippen molar-refractivity contribution >= 4 is 17.6 Å². The van der Waals surface area contributed by atoms with Crippen LogP contribution in [0, 0.1) is 0 Å². The number of ether oxygens (including phenoxy) is 2. The van der Waals surface area contributed by atoms with E-state index in [0.29, 0.717) is 16.3 Å². The molecule has 0 unspecified atom stereocenters. The van der Waals surface area contributed by atoms with Crippen LogP contribution in [0.5, 0.6) is 11.5 Å². The first kappa shape index (κ1) is 14.2. The first-order chi connectivity index (χ1) is 9.55. The molecule has 0 saturated heterocycles. The van der Waals surface area contributed by atoms with Crippen molar-refractivity contribution < 1.29 is 19.4 Å². The molecule has 20 heavy (non-hydrogen) atoms. The second-order valence-electron chi connectivity index (χ2n) is 4.11. The van der Waals surface area contributed by atoms with E-state index < -0.39 is 5.97 Å². The van der Waals surface area contributed by atoms with E-state index in [1.165, 1.54) is 20.3 Å². The molecule has 0 bridgehead atoms. The number of carbonyl (C=O) groups excluding carboxylic acids is 1. The first-order valence-corrected chi connectivity index (χ1v) is 6.19. The molecule has 0 saturated carbocycles. The predicted molar refractivity (Wildman–Crippen MR) is 76.4 cm³/mol. The van der Waals surface area contributed by atoms with Gasteiger partial charge >= 0.3 is 5.97 Å². The van der Waals surface area contributed by atoms with Gasteiger partial charge in [-0.15, -0.1) is 0 Å². The van der Waals surface area contributed by atoms with Crippen molar-refractivity contribution in [3.8, 4) is 22.6 Å². The van der Waals surface area contributed by atoms with Crippen molar-refractivity contribution in [2.45, 2.75) is 0 Å². The van der Waals surface area contributed by atoms with E-state index in [1.807, 2.05) is 0 Å². The van der Waals surface area contributed by atoms with Gasteiger partial charge in [0.15, 0.2) is 0 Å². The second-order valence-corrected chi connectivity index (χ2v) is 4.51. The van der Waals surface area contributed by atoms with E-state index in [4.69, 9.17) is 16.3 Å². The van der Waals surface area contributed by atoms with Gasteiger partial charge < -0.3 is 14.6 Å². The molecule has 0 aromatic heterocycles. The number of methoxy groups -OCH3 is 2. The third kappa shape index (κ3) is 2.86. The zero-order chi connectivity index (χ0) is 14.7. The van der Waals surface area contributed by atoms with E-state index in [2.05, 4.69) is 4.74 Å². The van der Waals surface area contributed by atoms with Gasteiger partial charge in [-0.05, 0) is 35.4 Å². The SMILES string of the molecule is COC(=O)c1cc(-c2cc(O)cc(OC)c2)ccc1Cl. The number of hydrogen-bond donors (Lipinski definition) is 1. The number of halogens is 1. The van der Waals surface area contributed by atoms with Crippen LogP contribution in [0.2, 0.25) is 5.02 Å². The Morgan fingerprint density at radius 3 is 2.50 bits per heavy atom. The molecule has 5 heteroatoms. The molecule has 2 rings (SSSR count). The molecule has 0 spiro atoms. The highest BCUT2D eigenvalue weighted by atomic mass is 35.5. The van der Waals surface area contributed by atoms with Crippen LogP contribution in [-0.2, 0) is 4.74 Å². The smallest absolute Gasteiger partial charge is 0.339 e. The van der Waals surface area contributed by atoms with Crippen LogP contribution in [0.4, 0.5) is 0 Å². The highest BCUT2D eigenvalue weighted by Gasteiger charge is 2.13. The van der Waals surface area contributed by atoms with Crippen molar-refractivity contribution in [2.24, 2.45) is 0 Å². The van der Waals surface area contributed by atoms with Gasteiger partial charge in [-0.2, -0.15) is 0 Å². The number of phenolic OH excluding ortho intramolecular Hbond substituents is 1. The molecular formula is C15H13ClO4. The molecule has 0 aliphatic rings. The topological polar surface area (TPSA) is 55.8 Å². The van der Waals surface area contributed by atoms with Crippen LogP contribution in [0.1, 0.15) is 10.4 Å². The van der Waals surface area contributed by atoms with Gasteiger partial charge in [0.05, 0.1) is 24.8 Å². The molecule has 0 radical (unpaired) electrons. The maximum Gasteiger partial charge on any atom is 0.339 e. The summed E-state index contributed by atoms with van der Waals surface area (Å²) in [4.78, 5) is 11.6. The molecule has 0 aliphatic carbocycles. The zero-order valence-corrected chi connectivity index (χ0v) is 11.8. The number of phenols is 1. The lowest BCUT2D eigenvalue weighted by molar-refractivity contribution is 0.0601. The maximum absolute atomic E-state index is 11.6. The molecule has 0 fully saturated rings. The summed E-state index contributed by atoms with van der Waals surface area (Å²) in [6, 6.07) is 9.81. The Kier molecular flexibility index (Phi) is 4.15. The van der Waals surface area contributed by atoms with Crippen molar-refractivity contribution in [1.82, 2.24) is 0 Å². The highest BCUT2D eigenvalue weighted by Crippen LogP contribution is 2.31. The van der Waals surface area contributed by atoms with E-state index in [9.17, 15) is 9.90 Å². The third-order valence-corrected chi connectivity index (χ3v) is 3.16. The fourth-order valence-electron chi connectivity index (χ4n) is 1.84. The quantitative estimate of drug-likeness (QED) is 0.880. The molecule has 0 aliphatic heterocycles. The van der Waals surface area contributed by atoms with Gasteiger partial charge in [-0.1, -0.05) is 17.7 Å².